The van der Waals surface area contributed by atoms with Crippen LogP contribution in [0.1, 0.15) is 31.0 Å². The van der Waals surface area contributed by atoms with E-state index in [1.54, 1.807) is 6.07 Å². The van der Waals surface area contributed by atoms with Gasteiger partial charge >= 0.3 is 6.18 Å². The largest absolute Gasteiger partial charge is 0.416 e. The molecule has 0 amide bonds. The zero-order valence-electron chi connectivity index (χ0n) is 13.0. The fourth-order valence-corrected chi connectivity index (χ4v) is 1.98. The summed E-state index contributed by atoms with van der Waals surface area (Å²) in [5, 5.41) is 6.13. The molecule has 2 aromatic rings. The third kappa shape index (κ3) is 5.12. The zero-order valence-corrected chi connectivity index (χ0v) is 13.0. The van der Waals surface area contributed by atoms with Crippen LogP contribution in [0.25, 0.3) is 0 Å². The van der Waals surface area contributed by atoms with Crippen LogP contribution >= 0.6 is 0 Å². The standard InChI is InChI=1S/C16H19F3N4/c1-3-4-9-20-15-21-11(2)10-14(23-15)22-13-7-5-12(6-8-13)16(17,18)19/h5-8,10H,3-4,9H2,1-2H3,(H2,20,21,22,23). The minimum absolute atomic E-state index is 0.507. The lowest BCUT2D eigenvalue weighted by atomic mass is 10.2. The number of hydrogen-bond acceptors (Lipinski definition) is 4. The Hall–Kier alpha value is -2.31. The van der Waals surface area contributed by atoms with E-state index in [0.29, 0.717) is 17.5 Å². The number of hydrogen-bond donors (Lipinski definition) is 2. The predicted molar refractivity (Wildman–Crippen MR) is 84.9 cm³/mol. The topological polar surface area (TPSA) is 49.8 Å². The van der Waals surface area contributed by atoms with Crippen LogP contribution < -0.4 is 10.6 Å². The normalized spacial score (nSPS) is 11.3. The number of anilines is 3. The summed E-state index contributed by atoms with van der Waals surface area (Å²) >= 11 is 0. The highest BCUT2D eigenvalue weighted by Crippen LogP contribution is 2.30. The molecule has 2 rings (SSSR count). The highest BCUT2D eigenvalue weighted by atomic mass is 19.4. The van der Waals surface area contributed by atoms with Crippen LogP contribution in [-0.2, 0) is 6.18 Å². The Morgan fingerprint density at radius 2 is 1.78 bits per heavy atom. The maximum Gasteiger partial charge on any atom is 0.416 e. The molecule has 1 aromatic carbocycles. The lowest BCUT2D eigenvalue weighted by Crippen LogP contribution is -2.07. The summed E-state index contributed by atoms with van der Waals surface area (Å²) in [6, 6.07) is 6.57. The van der Waals surface area contributed by atoms with Crippen LogP contribution in [0.5, 0.6) is 0 Å². The van der Waals surface area contributed by atoms with Crippen LogP contribution in [0.3, 0.4) is 0 Å². The van der Waals surface area contributed by atoms with E-state index in [9.17, 15) is 13.2 Å². The quantitative estimate of drug-likeness (QED) is 0.752. The molecular formula is C16H19F3N4. The number of aryl methyl sites for hydroxylation is 1. The second-order valence-electron chi connectivity index (χ2n) is 5.20. The highest BCUT2D eigenvalue weighted by Gasteiger charge is 2.29. The monoisotopic (exact) mass is 324 g/mol. The molecule has 23 heavy (non-hydrogen) atoms. The van der Waals surface area contributed by atoms with E-state index in [2.05, 4.69) is 27.5 Å². The van der Waals surface area contributed by atoms with Crippen molar-refractivity contribution in [3.8, 4) is 0 Å². The number of nitrogens with one attached hydrogen (secondary N) is 2. The minimum Gasteiger partial charge on any atom is -0.354 e. The van der Waals surface area contributed by atoms with Crippen molar-refractivity contribution in [1.29, 1.82) is 0 Å². The van der Waals surface area contributed by atoms with Gasteiger partial charge in [0, 0.05) is 24.0 Å². The van der Waals surface area contributed by atoms with Gasteiger partial charge < -0.3 is 10.6 Å². The Morgan fingerprint density at radius 1 is 1.09 bits per heavy atom. The van der Waals surface area contributed by atoms with Gasteiger partial charge in [-0.3, -0.25) is 0 Å². The number of benzene rings is 1. The molecule has 124 valence electrons. The van der Waals surface area contributed by atoms with E-state index in [1.165, 1.54) is 12.1 Å². The number of alkyl halides is 3. The van der Waals surface area contributed by atoms with Gasteiger partial charge in [0.2, 0.25) is 5.95 Å². The van der Waals surface area contributed by atoms with Gasteiger partial charge in [0.15, 0.2) is 0 Å². The Kier molecular flexibility index (Phi) is 5.41. The summed E-state index contributed by atoms with van der Waals surface area (Å²) < 4.78 is 37.7. The van der Waals surface area contributed by atoms with Crippen molar-refractivity contribution in [3.05, 3.63) is 41.6 Å². The second kappa shape index (κ2) is 7.30. The molecule has 0 radical (unpaired) electrons. The molecule has 0 unspecified atom stereocenters. The molecular weight excluding hydrogens is 305 g/mol. The SMILES string of the molecule is CCCCNc1nc(C)cc(Nc2ccc(C(F)(F)F)cc2)n1. The average Bonchev–Trinajstić information content (AvgIpc) is 2.46. The van der Waals surface area contributed by atoms with Crippen LogP contribution in [0, 0.1) is 6.92 Å². The molecule has 2 N–H and O–H groups in total. The van der Waals surface area contributed by atoms with Gasteiger partial charge in [0.1, 0.15) is 5.82 Å². The Labute approximate surface area is 133 Å². The van der Waals surface area contributed by atoms with Crippen molar-refractivity contribution in [2.24, 2.45) is 0 Å². The average molecular weight is 324 g/mol. The predicted octanol–water partition coefficient (Wildman–Crippen LogP) is 4.76. The lowest BCUT2D eigenvalue weighted by Gasteiger charge is -2.11. The van der Waals surface area contributed by atoms with Gasteiger partial charge in [0.25, 0.3) is 0 Å². The summed E-state index contributed by atoms with van der Waals surface area (Å²) in [4.78, 5) is 8.60. The summed E-state index contributed by atoms with van der Waals surface area (Å²) in [5.74, 6) is 1.05. The van der Waals surface area contributed by atoms with Crippen LogP contribution in [0.4, 0.5) is 30.6 Å². The summed E-state index contributed by atoms with van der Waals surface area (Å²) in [6.07, 6.45) is -2.26. The molecule has 0 aliphatic rings. The minimum atomic E-state index is -4.33. The third-order valence-corrected chi connectivity index (χ3v) is 3.15. The van der Waals surface area contributed by atoms with E-state index in [1.807, 2.05) is 6.92 Å². The number of rotatable bonds is 6. The van der Waals surface area contributed by atoms with Crippen LogP contribution in [0.15, 0.2) is 30.3 Å². The van der Waals surface area contributed by atoms with Crippen LogP contribution in [0.2, 0.25) is 0 Å². The van der Waals surface area contributed by atoms with E-state index in [4.69, 9.17) is 0 Å². The molecule has 0 atom stereocenters. The van der Waals surface area contributed by atoms with Gasteiger partial charge in [0.05, 0.1) is 5.56 Å². The number of nitrogens with zero attached hydrogens (tertiary/aromatic N) is 2. The molecule has 0 saturated carbocycles. The van der Waals surface area contributed by atoms with Gasteiger partial charge in [-0.05, 0) is 37.6 Å². The van der Waals surface area contributed by atoms with Gasteiger partial charge in [-0.25, -0.2) is 4.98 Å². The van der Waals surface area contributed by atoms with E-state index in [0.717, 1.165) is 37.2 Å². The van der Waals surface area contributed by atoms with Crippen molar-refractivity contribution >= 4 is 17.5 Å². The van der Waals surface area contributed by atoms with Crippen LogP contribution in [-0.4, -0.2) is 16.5 Å². The van der Waals surface area contributed by atoms with E-state index >= 15 is 0 Å². The van der Waals surface area contributed by atoms with Gasteiger partial charge in [-0.2, -0.15) is 18.2 Å². The highest BCUT2D eigenvalue weighted by molar-refractivity contribution is 5.58. The Morgan fingerprint density at radius 3 is 2.39 bits per heavy atom. The fraction of sp³-hybridized carbons (Fsp3) is 0.375. The molecule has 0 aliphatic carbocycles. The Bertz CT molecular complexity index is 639. The number of halogens is 3. The number of aromatic nitrogens is 2. The number of unbranched alkanes of at least 4 members (excludes halogenated alkanes) is 1. The molecule has 0 bridgehead atoms. The maximum absolute atomic E-state index is 12.6. The molecule has 0 spiro atoms. The van der Waals surface area contributed by atoms with E-state index in [-0.39, 0.29) is 0 Å². The maximum atomic E-state index is 12.6. The smallest absolute Gasteiger partial charge is 0.354 e. The Balaban J connectivity index is 2.10. The van der Waals surface area contributed by atoms with Crippen molar-refractivity contribution in [3.63, 3.8) is 0 Å². The third-order valence-electron chi connectivity index (χ3n) is 3.15. The first kappa shape index (κ1) is 17.1. The van der Waals surface area contributed by atoms with Gasteiger partial charge in [-0.15, -0.1) is 0 Å². The molecule has 4 nitrogen and oxygen atoms in total. The lowest BCUT2D eigenvalue weighted by molar-refractivity contribution is -0.137. The molecule has 1 heterocycles. The van der Waals surface area contributed by atoms with Gasteiger partial charge in [-0.1, -0.05) is 13.3 Å². The first-order chi connectivity index (χ1) is 10.9. The molecule has 0 fully saturated rings. The first-order valence-corrected chi connectivity index (χ1v) is 7.42. The molecule has 0 saturated heterocycles. The first-order valence-electron chi connectivity index (χ1n) is 7.42. The summed E-state index contributed by atoms with van der Waals surface area (Å²) in [5.41, 5.74) is 0.632. The van der Waals surface area contributed by atoms with Crippen molar-refractivity contribution in [2.75, 3.05) is 17.2 Å². The molecule has 0 aliphatic heterocycles. The zero-order chi connectivity index (χ0) is 16.9. The van der Waals surface area contributed by atoms with Crippen molar-refractivity contribution in [1.82, 2.24) is 9.97 Å². The van der Waals surface area contributed by atoms with Crippen molar-refractivity contribution < 1.29 is 13.2 Å². The second-order valence-corrected chi connectivity index (χ2v) is 5.20. The van der Waals surface area contributed by atoms with E-state index < -0.39 is 11.7 Å². The molecule has 7 heteroatoms. The summed E-state index contributed by atoms with van der Waals surface area (Å²) in [7, 11) is 0. The fourth-order valence-electron chi connectivity index (χ4n) is 1.98. The summed E-state index contributed by atoms with van der Waals surface area (Å²) in [6.45, 7) is 4.71. The van der Waals surface area contributed by atoms with Crippen molar-refractivity contribution in [2.45, 2.75) is 32.9 Å². The molecule has 1 aromatic heterocycles.